The number of nitriles is 1. The molecule has 18 heteroatoms. The summed E-state index contributed by atoms with van der Waals surface area (Å²) in [5.74, 6) is -3.67. The number of amides is 2. The molecule has 0 aromatic heterocycles. The van der Waals surface area contributed by atoms with Gasteiger partial charge in [0.15, 0.2) is 5.82 Å². The third-order valence-electron chi connectivity index (χ3n) is 6.00. The van der Waals surface area contributed by atoms with Crippen molar-refractivity contribution in [2.75, 3.05) is 22.5 Å². The second-order valence-electron chi connectivity index (χ2n) is 8.79. The summed E-state index contributed by atoms with van der Waals surface area (Å²) < 4.78 is 120. The van der Waals surface area contributed by atoms with Crippen molar-refractivity contribution in [3.05, 3.63) is 91.6 Å². The molecule has 0 bridgehead atoms. The van der Waals surface area contributed by atoms with Gasteiger partial charge in [-0.1, -0.05) is 6.07 Å². The number of anilines is 2. The Morgan fingerprint density at radius 2 is 1.50 bits per heavy atom. The van der Waals surface area contributed by atoms with Crippen molar-refractivity contribution < 1.29 is 48.9 Å². The third kappa shape index (κ3) is 7.11. The van der Waals surface area contributed by atoms with Gasteiger partial charge in [-0.2, -0.15) is 31.6 Å². The average Bonchev–Trinajstić information content (AvgIpc) is 2.93. The highest BCUT2D eigenvalue weighted by Gasteiger charge is 2.73. The van der Waals surface area contributed by atoms with Gasteiger partial charge in [0.05, 0.1) is 45.3 Å². The van der Waals surface area contributed by atoms with E-state index in [4.69, 9.17) is 10.4 Å². The molecule has 44 heavy (non-hydrogen) atoms. The zero-order valence-electron chi connectivity index (χ0n) is 21.5. The standard InChI is InChI=1S/C26H16Br2F8N4O3S/c27-17-10-15(24(30,25(31,32)33)26(34,35)36)11-18(28)21(17)39-22(41)16-2-1-3-19(20(16)29)40(8-9-44(38)43)23(42)14-6-4-13(12-37)5-7-14/h1-7,10-11H,8-9,38H2,(H,39,41). The van der Waals surface area contributed by atoms with E-state index < -0.39 is 78.1 Å². The first-order valence-electron chi connectivity index (χ1n) is 11.7. The summed E-state index contributed by atoms with van der Waals surface area (Å²) in [5, 5.41) is 16.4. The predicted molar refractivity (Wildman–Crippen MR) is 151 cm³/mol. The minimum Gasteiger partial charge on any atom is -0.320 e. The van der Waals surface area contributed by atoms with Gasteiger partial charge in [-0.3, -0.25) is 14.7 Å². The summed E-state index contributed by atoms with van der Waals surface area (Å²) >= 11 is 5.43. The molecule has 0 saturated carbocycles. The number of hydrogen-bond donors (Lipinski definition) is 2. The van der Waals surface area contributed by atoms with Crippen LogP contribution in [0, 0.1) is 17.1 Å². The Labute approximate surface area is 262 Å². The molecule has 3 rings (SSSR count). The SMILES string of the molecule is N#Cc1ccc(C(=O)N(CCS(N)=O)c2cccc(C(=O)Nc3c(Br)cc(C(F)(C(F)(F)F)C(F)(F)F)cc3Br)c2F)cc1. The van der Waals surface area contributed by atoms with Gasteiger partial charge in [-0.15, -0.1) is 0 Å². The number of rotatable bonds is 8. The number of alkyl halides is 7. The number of halogens is 10. The number of carbonyl (C=O) groups excluding carboxylic acids is 2. The van der Waals surface area contributed by atoms with Gasteiger partial charge in [0.1, 0.15) is 0 Å². The van der Waals surface area contributed by atoms with Crippen LogP contribution in [0.25, 0.3) is 0 Å². The minimum absolute atomic E-state index is 0.00402. The molecule has 234 valence electrons. The maximum Gasteiger partial charge on any atom is 0.435 e. The molecule has 0 spiro atoms. The number of nitrogens with two attached hydrogens (primary N) is 1. The molecule has 0 heterocycles. The second-order valence-corrected chi connectivity index (χ2v) is 11.7. The summed E-state index contributed by atoms with van der Waals surface area (Å²) in [4.78, 5) is 27.2. The number of nitrogens with one attached hydrogen (secondary N) is 1. The first-order chi connectivity index (χ1) is 20.3. The molecular formula is C26H16Br2F8N4O3S. The molecule has 3 N–H and O–H groups in total. The maximum absolute atomic E-state index is 15.8. The average molecular weight is 776 g/mol. The molecule has 0 aliphatic heterocycles. The number of carbonyl (C=O) groups is 2. The molecule has 2 amide bonds. The second kappa shape index (κ2) is 13.3. The van der Waals surface area contributed by atoms with E-state index in [-0.39, 0.29) is 35.6 Å². The minimum atomic E-state index is -6.39. The van der Waals surface area contributed by atoms with Crippen LogP contribution in [0.3, 0.4) is 0 Å². The van der Waals surface area contributed by atoms with E-state index in [2.05, 4.69) is 37.2 Å². The first kappa shape index (κ1) is 35.1. The summed E-state index contributed by atoms with van der Waals surface area (Å²) in [5.41, 5.74) is -9.05. The summed E-state index contributed by atoms with van der Waals surface area (Å²) in [6.07, 6.45) is -12.8. The van der Waals surface area contributed by atoms with E-state index in [1.807, 2.05) is 6.07 Å². The van der Waals surface area contributed by atoms with E-state index in [0.29, 0.717) is 0 Å². The Kier molecular flexibility index (Phi) is 10.6. The fraction of sp³-hybridized carbons (Fsp3) is 0.192. The lowest BCUT2D eigenvalue weighted by Gasteiger charge is -2.31. The maximum atomic E-state index is 15.8. The van der Waals surface area contributed by atoms with Gasteiger partial charge >= 0.3 is 18.0 Å². The van der Waals surface area contributed by atoms with Crippen LogP contribution in [0.15, 0.2) is 63.5 Å². The molecule has 0 fully saturated rings. The lowest BCUT2D eigenvalue weighted by atomic mass is 9.94. The van der Waals surface area contributed by atoms with Gasteiger partial charge in [0.25, 0.3) is 11.8 Å². The Morgan fingerprint density at radius 3 is 1.98 bits per heavy atom. The van der Waals surface area contributed by atoms with Crippen molar-refractivity contribution in [2.45, 2.75) is 18.0 Å². The molecule has 7 nitrogen and oxygen atoms in total. The number of benzene rings is 3. The number of nitrogens with zero attached hydrogens (tertiary/aromatic N) is 2. The van der Waals surface area contributed by atoms with Crippen LogP contribution in [0.4, 0.5) is 46.5 Å². The molecule has 1 unspecified atom stereocenters. The van der Waals surface area contributed by atoms with E-state index >= 15 is 4.39 Å². The summed E-state index contributed by atoms with van der Waals surface area (Å²) in [7, 11) is -1.93. The van der Waals surface area contributed by atoms with Crippen molar-refractivity contribution in [2.24, 2.45) is 5.14 Å². The highest BCUT2D eigenvalue weighted by Crippen LogP contribution is 2.54. The van der Waals surface area contributed by atoms with E-state index in [0.717, 1.165) is 17.0 Å². The van der Waals surface area contributed by atoms with E-state index in [1.165, 1.54) is 30.3 Å². The Balaban J connectivity index is 2.02. The Morgan fingerprint density at radius 1 is 0.955 bits per heavy atom. The third-order valence-corrected chi connectivity index (χ3v) is 7.83. The molecule has 0 aliphatic rings. The van der Waals surface area contributed by atoms with Crippen LogP contribution >= 0.6 is 31.9 Å². The van der Waals surface area contributed by atoms with Gasteiger partial charge in [0.2, 0.25) is 0 Å². The topological polar surface area (TPSA) is 116 Å². The van der Waals surface area contributed by atoms with Crippen LogP contribution in [0.1, 0.15) is 31.8 Å². The molecule has 0 aliphatic carbocycles. The molecule has 3 aromatic carbocycles. The largest absolute Gasteiger partial charge is 0.435 e. The zero-order chi connectivity index (χ0) is 33.2. The van der Waals surface area contributed by atoms with Crippen LogP contribution < -0.4 is 15.4 Å². The summed E-state index contributed by atoms with van der Waals surface area (Å²) in [6.45, 7) is -0.383. The van der Waals surface area contributed by atoms with Crippen molar-refractivity contribution in [3.63, 3.8) is 0 Å². The van der Waals surface area contributed by atoms with Crippen molar-refractivity contribution in [3.8, 4) is 6.07 Å². The Hall–Kier alpha value is -3.40. The first-order valence-corrected chi connectivity index (χ1v) is 14.7. The van der Waals surface area contributed by atoms with Crippen LogP contribution in [0.2, 0.25) is 0 Å². The smallest absolute Gasteiger partial charge is 0.320 e. The quantitative estimate of drug-likeness (QED) is 0.239. The molecule has 3 aromatic rings. The van der Waals surface area contributed by atoms with Gasteiger partial charge in [-0.05, 0) is 80.4 Å². The normalized spacial score (nSPS) is 12.8. The fourth-order valence-corrected chi connectivity index (χ4v) is 5.57. The predicted octanol–water partition coefficient (Wildman–Crippen LogP) is 7.03. The van der Waals surface area contributed by atoms with Crippen LogP contribution in [0.5, 0.6) is 0 Å². The highest BCUT2D eigenvalue weighted by molar-refractivity contribution is 9.11. The van der Waals surface area contributed by atoms with Gasteiger partial charge in [0, 0.05) is 26.6 Å². The van der Waals surface area contributed by atoms with Gasteiger partial charge in [-0.25, -0.2) is 13.0 Å². The highest BCUT2D eigenvalue weighted by atomic mass is 79.9. The Bertz CT molecular complexity index is 1620. The van der Waals surface area contributed by atoms with Crippen LogP contribution in [-0.4, -0.2) is 40.7 Å². The van der Waals surface area contributed by atoms with Crippen molar-refractivity contribution in [1.82, 2.24) is 0 Å². The lowest BCUT2D eigenvalue weighted by molar-refractivity contribution is -0.348. The van der Waals surface area contributed by atoms with Crippen LogP contribution in [-0.2, 0) is 16.7 Å². The van der Waals surface area contributed by atoms with E-state index in [9.17, 15) is 44.5 Å². The molecule has 1 atom stereocenters. The summed E-state index contributed by atoms with van der Waals surface area (Å²) in [6, 6.07) is 10.7. The van der Waals surface area contributed by atoms with Gasteiger partial charge < -0.3 is 10.2 Å². The molecular weight excluding hydrogens is 760 g/mol. The zero-order valence-corrected chi connectivity index (χ0v) is 25.5. The van der Waals surface area contributed by atoms with Crippen molar-refractivity contribution >= 4 is 66.0 Å². The van der Waals surface area contributed by atoms with E-state index in [1.54, 1.807) is 0 Å². The lowest BCUT2D eigenvalue weighted by Crippen LogP contribution is -2.50. The number of hydrogen-bond acceptors (Lipinski definition) is 4. The molecule has 0 saturated heterocycles. The van der Waals surface area contributed by atoms with Crippen molar-refractivity contribution in [1.29, 1.82) is 5.26 Å². The molecule has 0 radical (unpaired) electrons. The monoisotopic (exact) mass is 774 g/mol. The fourth-order valence-electron chi connectivity index (χ4n) is 3.82.